The molecular formula is C9H20Cl2N2O2S. The fourth-order valence-corrected chi connectivity index (χ4v) is 3.76. The summed E-state index contributed by atoms with van der Waals surface area (Å²) in [5.74, 6) is 0.781. The highest BCUT2D eigenvalue weighted by Gasteiger charge is 2.28. The molecule has 0 atom stereocenters. The normalized spacial score (nSPS) is 26.5. The Morgan fingerprint density at radius 1 is 1.00 bits per heavy atom. The first-order valence-corrected chi connectivity index (χ1v) is 7.15. The lowest BCUT2D eigenvalue weighted by molar-refractivity contribution is 0.162. The lowest BCUT2D eigenvalue weighted by Crippen LogP contribution is -2.50. The van der Waals surface area contributed by atoms with Crippen LogP contribution in [0.1, 0.15) is 12.8 Å². The molecule has 0 aromatic heterocycles. The van der Waals surface area contributed by atoms with Crippen molar-refractivity contribution in [1.82, 2.24) is 10.2 Å². The molecule has 1 N–H and O–H groups in total. The Bertz CT molecular complexity index is 278. The van der Waals surface area contributed by atoms with Crippen LogP contribution < -0.4 is 5.32 Å². The highest BCUT2D eigenvalue weighted by Crippen LogP contribution is 2.18. The van der Waals surface area contributed by atoms with Gasteiger partial charge >= 0.3 is 0 Å². The SMILES string of the molecule is Cl.Cl.O=S1(=O)CCC(N2CCNCC2)CC1. The fraction of sp³-hybridized carbons (Fsp3) is 1.00. The summed E-state index contributed by atoms with van der Waals surface area (Å²) < 4.78 is 22.5. The second-order valence-electron chi connectivity index (χ2n) is 4.17. The molecule has 2 heterocycles. The minimum absolute atomic E-state index is 0. The van der Waals surface area contributed by atoms with Crippen LogP contribution in [-0.2, 0) is 9.84 Å². The van der Waals surface area contributed by atoms with Crippen molar-refractivity contribution in [2.45, 2.75) is 18.9 Å². The molecule has 0 unspecified atom stereocenters. The molecule has 0 aromatic rings. The zero-order chi connectivity index (χ0) is 10.0. The van der Waals surface area contributed by atoms with Crippen molar-refractivity contribution in [2.24, 2.45) is 0 Å². The van der Waals surface area contributed by atoms with Gasteiger partial charge in [-0.1, -0.05) is 0 Å². The van der Waals surface area contributed by atoms with Crippen LogP contribution in [0.3, 0.4) is 0 Å². The van der Waals surface area contributed by atoms with Crippen LogP contribution in [0.15, 0.2) is 0 Å². The first-order chi connectivity index (χ1) is 6.67. The molecule has 2 aliphatic rings. The topological polar surface area (TPSA) is 49.4 Å². The molecule has 0 aliphatic carbocycles. The molecule has 98 valence electrons. The Labute approximate surface area is 110 Å². The molecule has 2 aliphatic heterocycles. The van der Waals surface area contributed by atoms with E-state index in [-0.39, 0.29) is 24.8 Å². The standard InChI is InChI=1S/C9H18N2O2S.2ClH/c12-14(13)7-1-9(2-8-14)11-5-3-10-4-6-11;;/h9-10H,1-8H2;2*1H. The lowest BCUT2D eigenvalue weighted by atomic mass is 10.1. The molecule has 16 heavy (non-hydrogen) atoms. The zero-order valence-corrected chi connectivity index (χ0v) is 11.7. The van der Waals surface area contributed by atoms with Gasteiger partial charge in [-0.15, -0.1) is 24.8 Å². The van der Waals surface area contributed by atoms with Gasteiger partial charge in [0.25, 0.3) is 0 Å². The third kappa shape index (κ3) is 4.37. The molecule has 0 amide bonds. The summed E-state index contributed by atoms with van der Waals surface area (Å²) >= 11 is 0. The van der Waals surface area contributed by atoms with Gasteiger partial charge in [0, 0.05) is 32.2 Å². The van der Waals surface area contributed by atoms with Crippen molar-refractivity contribution in [3.63, 3.8) is 0 Å². The van der Waals surface area contributed by atoms with Gasteiger partial charge < -0.3 is 5.32 Å². The monoisotopic (exact) mass is 290 g/mol. The molecule has 2 rings (SSSR count). The van der Waals surface area contributed by atoms with Gasteiger partial charge in [0.1, 0.15) is 9.84 Å². The minimum Gasteiger partial charge on any atom is -0.314 e. The summed E-state index contributed by atoms with van der Waals surface area (Å²) in [5, 5.41) is 3.31. The van der Waals surface area contributed by atoms with E-state index in [2.05, 4.69) is 10.2 Å². The Hall–Kier alpha value is 0.450. The minimum atomic E-state index is -2.70. The Morgan fingerprint density at radius 3 is 2.00 bits per heavy atom. The molecule has 0 saturated carbocycles. The van der Waals surface area contributed by atoms with Gasteiger partial charge in [-0.05, 0) is 12.8 Å². The second-order valence-corrected chi connectivity index (χ2v) is 6.47. The number of rotatable bonds is 1. The van der Waals surface area contributed by atoms with Gasteiger partial charge in [-0.3, -0.25) is 4.90 Å². The zero-order valence-electron chi connectivity index (χ0n) is 9.22. The number of halogens is 2. The van der Waals surface area contributed by atoms with Gasteiger partial charge in [0.05, 0.1) is 11.5 Å². The third-order valence-electron chi connectivity index (χ3n) is 3.19. The van der Waals surface area contributed by atoms with E-state index in [1.807, 2.05) is 0 Å². The first kappa shape index (κ1) is 16.4. The number of nitrogens with zero attached hydrogens (tertiary/aromatic N) is 1. The van der Waals surface area contributed by atoms with Crippen molar-refractivity contribution in [3.8, 4) is 0 Å². The van der Waals surface area contributed by atoms with E-state index < -0.39 is 9.84 Å². The van der Waals surface area contributed by atoms with Crippen molar-refractivity contribution in [2.75, 3.05) is 37.7 Å². The van der Waals surface area contributed by atoms with Gasteiger partial charge in [0.2, 0.25) is 0 Å². The van der Waals surface area contributed by atoms with Crippen LogP contribution in [0.4, 0.5) is 0 Å². The maximum Gasteiger partial charge on any atom is 0.150 e. The van der Waals surface area contributed by atoms with Crippen LogP contribution in [0.2, 0.25) is 0 Å². The summed E-state index contributed by atoms with van der Waals surface area (Å²) in [6, 6.07) is 0.514. The summed E-state index contributed by atoms with van der Waals surface area (Å²) in [5.41, 5.74) is 0. The van der Waals surface area contributed by atoms with E-state index in [1.165, 1.54) is 0 Å². The Morgan fingerprint density at radius 2 is 1.50 bits per heavy atom. The van der Waals surface area contributed by atoms with Crippen molar-refractivity contribution in [1.29, 1.82) is 0 Å². The van der Waals surface area contributed by atoms with Gasteiger partial charge in [0.15, 0.2) is 0 Å². The maximum absolute atomic E-state index is 11.2. The summed E-state index contributed by atoms with van der Waals surface area (Å²) in [4.78, 5) is 2.44. The average Bonchev–Trinajstić information content (AvgIpc) is 2.19. The van der Waals surface area contributed by atoms with Crippen LogP contribution in [0, 0.1) is 0 Å². The van der Waals surface area contributed by atoms with E-state index in [1.54, 1.807) is 0 Å². The predicted molar refractivity (Wildman–Crippen MR) is 70.6 cm³/mol. The van der Waals surface area contributed by atoms with Crippen molar-refractivity contribution in [3.05, 3.63) is 0 Å². The van der Waals surface area contributed by atoms with Gasteiger partial charge in [-0.2, -0.15) is 0 Å². The quantitative estimate of drug-likeness (QED) is 0.755. The lowest BCUT2D eigenvalue weighted by Gasteiger charge is -2.36. The maximum atomic E-state index is 11.2. The molecule has 2 saturated heterocycles. The Kier molecular flexibility index (Phi) is 7.21. The smallest absolute Gasteiger partial charge is 0.150 e. The summed E-state index contributed by atoms with van der Waals surface area (Å²) in [6.45, 7) is 4.24. The first-order valence-electron chi connectivity index (χ1n) is 5.32. The largest absolute Gasteiger partial charge is 0.314 e. The molecular weight excluding hydrogens is 271 g/mol. The Balaban J connectivity index is 0.00000112. The van der Waals surface area contributed by atoms with Crippen LogP contribution in [0.5, 0.6) is 0 Å². The molecule has 0 radical (unpaired) electrons. The van der Waals surface area contributed by atoms with Crippen molar-refractivity contribution >= 4 is 34.7 Å². The van der Waals surface area contributed by atoms with Crippen LogP contribution >= 0.6 is 24.8 Å². The number of sulfone groups is 1. The summed E-state index contributed by atoms with van der Waals surface area (Å²) in [6.07, 6.45) is 1.67. The fourth-order valence-electron chi connectivity index (χ4n) is 2.29. The molecule has 0 spiro atoms. The molecule has 4 nitrogen and oxygen atoms in total. The highest BCUT2D eigenvalue weighted by atomic mass is 35.5. The molecule has 0 bridgehead atoms. The number of hydrogen-bond donors (Lipinski definition) is 1. The highest BCUT2D eigenvalue weighted by molar-refractivity contribution is 7.91. The van der Waals surface area contributed by atoms with E-state index in [4.69, 9.17) is 0 Å². The molecule has 0 aromatic carbocycles. The molecule has 2 fully saturated rings. The average molecular weight is 291 g/mol. The van der Waals surface area contributed by atoms with Crippen LogP contribution in [0.25, 0.3) is 0 Å². The predicted octanol–water partition coefficient (Wildman–Crippen LogP) is 0.312. The van der Waals surface area contributed by atoms with E-state index >= 15 is 0 Å². The number of nitrogens with one attached hydrogen (secondary N) is 1. The van der Waals surface area contributed by atoms with E-state index in [0.717, 1.165) is 39.0 Å². The van der Waals surface area contributed by atoms with E-state index in [0.29, 0.717) is 17.5 Å². The molecule has 7 heteroatoms. The third-order valence-corrected chi connectivity index (χ3v) is 4.91. The van der Waals surface area contributed by atoms with E-state index in [9.17, 15) is 8.42 Å². The number of hydrogen-bond acceptors (Lipinski definition) is 4. The summed E-state index contributed by atoms with van der Waals surface area (Å²) in [7, 11) is -2.70. The number of piperazine rings is 1. The van der Waals surface area contributed by atoms with Gasteiger partial charge in [-0.25, -0.2) is 8.42 Å². The second kappa shape index (κ2) is 7.01. The van der Waals surface area contributed by atoms with Crippen molar-refractivity contribution < 1.29 is 8.42 Å². The van der Waals surface area contributed by atoms with Crippen LogP contribution in [-0.4, -0.2) is 57.0 Å².